The van der Waals surface area contributed by atoms with Crippen LogP contribution in [0.1, 0.15) is 46.5 Å². The van der Waals surface area contributed by atoms with Crippen LogP contribution in [0.5, 0.6) is 0 Å². The predicted molar refractivity (Wildman–Crippen MR) is 81.9 cm³/mol. The van der Waals surface area contributed by atoms with Crippen molar-refractivity contribution in [2.24, 2.45) is 17.1 Å². The summed E-state index contributed by atoms with van der Waals surface area (Å²) in [5.41, 5.74) is 5.38. The highest BCUT2D eigenvalue weighted by atomic mass is 16.5. The lowest BCUT2D eigenvalue weighted by atomic mass is 9.46. The fraction of sp³-hybridized carbons (Fsp3) is 0.938. The molecule has 1 saturated heterocycles. The van der Waals surface area contributed by atoms with Gasteiger partial charge in [0.05, 0.1) is 12.7 Å². The molecule has 2 fully saturated rings. The van der Waals surface area contributed by atoms with Gasteiger partial charge in [0.15, 0.2) is 0 Å². The summed E-state index contributed by atoms with van der Waals surface area (Å²) in [5.74, 6) is 0.0839. The zero-order chi connectivity index (χ0) is 15.5. The lowest BCUT2D eigenvalue weighted by Crippen LogP contribution is -2.82. The molecular formula is C16H30N2O3. The maximum atomic E-state index is 12.6. The van der Waals surface area contributed by atoms with Crippen molar-refractivity contribution in [3.63, 3.8) is 0 Å². The highest BCUT2D eigenvalue weighted by Gasteiger charge is 2.70. The van der Waals surface area contributed by atoms with Gasteiger partial charge in [-0.1, -0.05) is 27.2 Å². The van der Waals surface area contributed by atoms with Gasteiger partial charge in [-0.3, -0.25) is 4.79 Å². The monoisotopic (exact) mass is 298 g/mol. The Morgan fingerprint density at radius 3 is 2.90 bits per heavy atom. The zero-order valence-electron chi connectivity index (χ0n) is 13.6. The van der Waals surface area contributed by atoms with Gasteiger partial charge >= 0.3 is 0 Å². The SMILES string of the molecule is CCCCOCCNC(=O)C1(N)C2CCCOC2C1(C)C. The van der Waals surface area contributed by atoms with Crippen LogP contribution < -0.4 is 11.1 Å². The van der Waals surface area contributed by atoms with Gasteiger partial charge in [-0.05, 0) is 19.3 Å². The molecular weight excluding hydrogens is 268 g/mol. The fourth-order valence-corrected chi connectivity index (χ4v) is 3.77. The van der Waals surface area contributed by atoms with Gasteiger partial charge in [-0.2, -0.15) is 0 Å². The van der Waals surface area contributed by atoms with Crippen LogP contribution in [-0.2, 0) is 14.3 Å². The Morgan fingerprint density at radius 1 is 1.43 bits per heavy atom. The number of hydrogen-bond acceptors (Lipinski definition) is 4. The zero-order valence-corrected chi connectivity index (χ0v) is 13.6. The molecule has 0 aromatic heterocycles. The van der Waals surface area contributed by atoms with Gasteiger partial charge in [-0.15, -0.1) is 0 Å². The Hall–Kier alpha value is -0.650. The van der Waals surface area contributed by atoms with Crippen LogP contribution in [0.15, 0.2) is 0 Å². The predicted octanol–water partition coefficient (Wildman–Crippen LogP) is 1.45. The normalized spacial score (nSPS) is 33.9. The van der Waals surface area contributed by atoms with Gasteiger partial charge < -0.3 is 20.5 Å². The summed E-state index contributed by atoms with van der Waals surface area (Å²) in [5, 5.41) is 2.95. The third-order valence-corrected chi connectivity index (χ3v) is 5.23. The van der Waals surface area contributed by atoms with Crippen LogP contribution in [-0.4, -0.2) is 43.9 Å². The van der Waals surface area contributed by atoms with Crippen LogP contribution in [0.25, 0.3) is 0 Å². The molecule has 2 rings (SSSR count). The molecule has 3 atom stereocenters. The van der Waals surface area contributed by atoms with E-state index in [1.165, 1.54) is 0 Å². The average molecular weight is 298 g/mol. The van der Waals surface area contributed by atoms with E-state index in [1.807, 2.05) is 13.8 Å². The molecule has 0 aromatic rings. The van der Waals surface area contributed by atoms with E-state index >= 15 is 0 Å². The summed E-state index contributed by atoms with van der Waals surface area (Å²) in [6, 6.07) is 0. The summed E-state index contributed by atoms with van der Waals surface area (Å²) in [6.07, 6.45) is 4.26. The summed E-state index contributed by atoms with van der Waals surface area (Å²) >= 11 is 0. The molecule has 21 heavy (non-hydrogen) atoms. The van der Waals surface area contributed by atoms with Crippen molar-refractivity contribution in [1.29, 1.82) is 0 Å². The Kier molecular flexibility index (Phi) is 5.28. The molecule has 122 valence electrons. The molecule has 0 spiro atoms. The van der Waals surface area contributed by atoms with E-state index in [9.17, 15) is 4.79 Å². The Balaban J connectivity index is 1.83. The van der Waals surface area contributed by atoms with E-state index in [-0.39, 0.29) is 23.3 Å². The van der Waals surface area contributed by atoms with Gasteiger partial charge in [-0.25, -0.2) is 0 Å². The molecule has 1 amide bonds. The minimum Gasteiger partial charge on any atom is -0.380 e. The molecule has 3 N–H and O–H groups in total. The van der Waals surface area contributed by atoms with Gasteiger partial charge in [0.2, 0.25) is 5.91 Å². The van der Waals surface area contributed by atoms with E-state index in [0.29, 0.717) is 13.2 Å². The first-order valence-electron chi connectivity index (χ1n) is 8.22. The summed E-state index contributed by atoms with van der Waals surface area (Å²) in [4.78, 5) is 12.6. The smallest absolute Gasteiger partial charge is 0.241 e. The number of rotatable bonds is 7. The molecule has 0 radical (unpaired) electrons. The van der Waals surface area contributed by atoms with Crippen molar-refractivity contribution in [3.05, 3.63) is 0 Å². The second kappa shape index (κ2) is 6.63. The van der Waals surface area contributed by atoms with Gasteiger partial charge in [0.25, 0.3) is 0 Å². The van der Waals surface area contributed by atoms with Gasteiger partial charge in [0.1, 0.15) is 5.54 Å². The van der Waals surface area contributed by atoms with E-state index < -0.39 is 5.54 Å². The number of carbonyl (C=O) groups is 1. The minimum absolute atomic E-state index is 0.0571. The summed E-state index contributed by atoms with van der Waals surface area (Å²) < 4.78 is 11.3. The molecule has 3 unspecified atom stereocenters. The number of unbranched alkanes of at least 4 members (excludes halogenated alkanes) is 1. The summed E-state index contributed by atoms with van der Waals surface area (Å²) in [7, 11) is 0. The topological polar surface area (TPSA) is 73.6 Å². The number of nitrogens with one attached hydrogen (secondary N) is 1. The molecule has 1 aliphatic heterocycles. The first-order chi connectivity index (χ1) is 9.96. The number of hydrogen-bond donors (Lipinski definition) is 2. The first kappa shape index (κ1) is 16.7. The molecule has 5 heteroatoms. The number of nitrogens with two attached hydrogens (primary N) is 1. The highest BCUT2D eigenvalue weighted by Crippen LogP contribution is 2.57. The lowest BCUT2D eigenvalue weighted by molar-refractivity contribution is -0.225. The van der Waals surface area contributed by atoms with Crippen molar-refractivity contribution in [3.8, 4) is 0 Å². The van der Waals surface area contributed by atoms with Crippen LogP contribution >= 0.6 is 0 Å². The van der Waals surface area contributed by atoms with Crippen molar-refractivity contribution in [1.82, 2.24) is 5.32 Å². The third-order valence-electron chi connectivity index (χ3n) is 5.23. The Bertz CT molecular complexity index is 373. The second-order valence-electron chi connectivity index (χ2n) is 6.85. The van der Waals surface area contributed by atoms with Crippen LogP contribution in [0.4, 0.5) is 0 Å². The van der Waals surface area contributed by atoms with Crippen LogP contribution in [0.3, 0.4) is 0 Å². The number of ether oxygens (including phenoxy) is 2. The standard InChI is InChI=1S/C16H30N2O3/c1-4-5-9-20-11-8-18-14(19)16(17)12-7-6-10-21-13(12)15(16,2)3/h12-13H,4-11,17H2,1-3H3,(H,18,19). The highest BCUT2D eigenvalue weighted by molar-refractivity contribution is 5.89. The third kappa shape index (κ3) is 2.83. The van der Waals surface area contributed by atoms with E-state index in [4.69, 9.17) is 15.2 Å². The maximum absolute atomic E-state index is 12.6. The number of fused-ring (bicyclic) bond motifs is 1. The van der Waals surface area contributed by atoms with E-state index in [1.54, 1.807) is 0 Å². The molecule has 0 aromatic carbocycles. The minimum atomic E-state index is -0.818. The Morgan fingerprint density at radius 2 is 2.19 bits per heavy atom. The van der Waals surface area contributed by atoms with Crippen LogP contribution in [0, 0.1) is 11.3 Å². The molecule has 2 aliphatic rings. The lowest BCUT2D eigenvalue weighted by Gasteiger charge is -2.65. The molecule has 1 aliphatic carbocycles. The maximum Gasteiger partial charge on any atom is 0.241 e. The average Bonchev–Trinajstić information content (AvgIpc) is 2.49. The quantitative estimate of drug-likeness (QED) is 0.698. The van der Waals surface area contributed by atoms with Crippen molar-refractivity contribution in [2.75, 3.05) is 26.4 Å². The molecule has 1 saturated carbocycles. The molecule has 5 nitrogen and oxygen atoms in total. The molecule has 1 heterocycles. The Labute approximate surface area is 127 Å². The first-order valence-corrected chi connectivity index (χ1v) is 8.22. The summed E-state index contributed by atoms with van der Waals surface area (Å²) in [6.45, 7) is 8.82. The van der Waals surface area contributed by atoms with Crippen molar-refractivity contribution < 1.29 is 14.3 Å². The van der Waals surface area contributed by atoms with Crippen molar-refractivity contribution in [2.45, 2.75) is 58.1 Å². The van der Waals surface area contributed by atoms with E-state index in [0.717, 1.165) is 38.9 Å². The van der Waals surface area contributed by atoms with Crippen molar-refractivity contribution >= 4 is 5.91 Å². The number of carbonyl (C=O) groups excluding carboxylic acids is 1. The largest absolute Gasteiger partial charge is 0.380 e. The molecule has 0 bridgehead atoms. The second-order valence-corrected chi connectivity index (χ2v) is 6.85. The fourth-order valence-electron chi connectivity index (χ4n) is 3.77. The van der Waals surface area contributed by atoms with Crippen LogP contribution in [0.2, 0.25) is 0 Å². The van der Waals surface area contributed by atoms with E-state index in [2.05, 4.69) is 12.2 Å². The van der Waals surface area contributed by atoms with Gasteiger partial charge in [0, 0.05) is 31.1 Å². The number of amides is 1.